The number of methoxy groups -OCH3 is 1. The van der Waals surface area contributed by atoms with Crippen LogP contribution in [0.25, 0.3) is 0 Å². The average Bonchev–Trinajstić information content (AvgIpc) is 3.29. The lowest BCUT2D eigenvalue weighted by molar-refractivity contribution is -0.141. The van der Waals surface area contributed by atoms with E-state index in [9.17, 15) is 9.59 Å². The summed E-state index contributed by atoms with van der Waals surface area (Å²) in [6.45, 7) is 2.21. The average molecular weight is 477 g/mol. The van der Waals surface area contributed by atoms with Crippen molar-refractivity contribution in [3.05, 3.63) is 63.6 Å². The zero-order chi connectivity index (χ0) is 23.1. The van der Waals surface area contributed by atoms with E-state index in [1.54, 1.807) is 30.2 Å². The molecule has 0 unspecified atom stereocenters. The molecule has 7 heteroatoms. The second-order valence-corrected chi connectivity index (χ2v) is 8.98. The molecule has 0 aliphatic heterocycles. The van der Waals surface area contributed by atoms with E-state index in [4.69, 9.17) is 27.9 Å². The van der Waals surface area contributed by atoms with Crippen molar-refractivity contribution in [2.75, 3.05) is 7.11 Å². The second-order valence-electron chi connectivity index (χ2n) is 8.16. The Bertz CT molecular complexity index is 924. The number of rotatable bonds is 9. The third-order valence-corrected chi connectivity index (χ3v) is 6.67. The quantitative estimate of drug-likeness (QED) is 0.526. The van der Waals surface area contributed by atoms with Gasteiger partial charge in [0.05, 0.1) is 13.5 Å². The molecule has 0 radical (unpaired) electrons. The van der Waals surface area contributed by atoms with Crippen LogP contribution < -0.4 is 10.1 Å². The first kappa shape index (κ1) is 24.4. The summed E-state index contributed by atoms with van der Waals surface area (Å²) in [7, 11) is 1.60. The van der Waals surface area contributed by atoms with Gasteiger partial charge in [0.1, 0.15) is 11.8 Å². The van der Waals surface area contributed by atoms with Crippen LogP contribution in [0.4, 0.5) is 0 Å². The van der Waals surface area contributed by atoms with E-state index >= 15 is 0 Å². The fourth-order valence-corrected chi connectivity index (χ4v) is 4.74. The van der Waals surface area contributed by atoms with Gasteiger partial charge < -0.3 is 15.0 Å². The Balaban J connectivity index is 1.87. The molecule has 3 rings (SSSR count). The number of hydrogen-bond donors (Lipinski definition) is 1. The van der Waals surface area contributed by atoms with Gasteiger partial charge in [0.15, 0.2) is 0 Å². The molecule has 32 heavy (non-hydrogen) atoms. The van der Waals surface area contributed by atoms with Gasteiger partial charge in [-0.25, -0.2) is 0 Å². The van der Waals surface area contributed by atoms with E-state index in [1.165, 1.54) is 0 Å². The first-order valence-electron chi connectivity index (χ1n) is 11.1. The zero-order valence-corrected chi connectivity index (χ0v) is 20.1. The summed E-state index contributed by atoms with van der Waals surface area (Å²) in [5.74, 6) is 0.393. The van der Waals surface area contributed by atoms with Crippen molar-refractivity contribution >= 4 is 35.0 Å². The number of hydrogen-bond acceptors (Lipinski definition) is 3. The third-order valence-electron chi connectivity index (χ3n) is 5.96. The Labute approximate surface area is 200 Å². The molecule has 0 spiro atoms. The van der Waals surface area contributed by atoms with Gasteiger partial charge in [-0.3, -0.25) is 9.59 Å². The maximum atomic E-state index is 13.5. The Morgan fingerprint density at radius 2 is 1.78 bits per heavy atom. The van der Waals surface area contributed by atoms with Gasteiger partial charge in [-0.05, 0) is 54.7 Å². The van der Waals surface area contributed by atoms with Crippen LogP contribution in [0, 0.1) is 0 Å². The van der Waals surface area contributed by atoms with Crippen LogP contribution in [0.15, 0.2) is 42.5 Å². The number of carbonyl (C=O) groups is 2. The zero-order valence-electron chi connectivity index (χ0n) is 18.6. The van der Waals surface area contributed by atoms with E-state index in [0.717, 1.165) is 31.2 Å². The van der Waals surface area contributed by atoms with Gasteiger partial charge >= 0.3 is 0 Å². The molecule has 172 valence electrons. The highest BCUT2D eigenvalue weighted by molar-refractivity contribution is 6.36. The van der Waals surface area contributed by atoms with Crippen molar-refractivity contribution in [1.82, 2.24) is 10.2 Å². The summed E-state index contributed by atoms with van der Waals surface area (Å²) in [4.78, 5) is 28.3. The molecule has 1 aliphatic carbocycles. The predicted octanol–water partition coefficient (Wildman–Crippen LogP) is 5.41. The van der Waals surface area contributed by atoms with Gasteiger partial charge in [-0.1, -0.05) is 61.2 Å². The van der Waals surface area contributed by atoms with Crippen LogP contribution in [0.2, 0.25) is 10.0 Å². The topological polar surface area (TPSA) is 58.6 Å². The standard InChI is InChI=1S/C25H30Cl2N2O3/c1-3-23(25(31)28-18-9-4-5-10-18)29(16-17-8-6-11-19(14-17)32-2)24(30)15-20-21(26)12-7-13-22(20)27/h6-8,11-14,18,23H,3-5,9-10,15-16H2,1-2H3,(H,28,31)/t23-/m0/s1. The molecular weight excluding hydrogens is 447 g/mol. The van der Waals surface area contributed by atoms with Crippen LogP contribution >= 0.6 is 23.2 Å². The van der Waals surface area contributed by atoms with Gasteiger partial charge in [-0.2, -0.15) is 0 Å². The third kappa shape index (κ3) is 6.17. The lowest BCUT2D eigenvalue weighted by Gasteiger charge is -2.32. The molecule has 1 saturated carbocycles. The normalized spacial score (nSPS) is 14.8. The van der Waals surface area contributed by atoms with Gasteiger partial charge in [0.2, 0.25) is 11.8 Å². The molecular formula is C25H30Cl2N2O3. The second kappa shape index (κ2) is 11.6. The minimum Gasteiger partial charge on any atom is -0.497 e. The van der Waals surface area contributed by atoms with Crippen molar-refractivity contribution in [3.63, 3.8) is 0 Å². The fourth-order valence-electron chi connectivity index (χ4n) is 4.21. The van der Waals surface area contributed by atoms with E-state index in [-0.39, 0.29) is 30.8 Å². The molecule has 2 amide bonds. The summed E-state index contributed by atoms with van der Waals surface area (Å²) in [6, 6.07) is 12.3. The predicted molar refractivity (Wildman–Crippen MR) is 128 cm³/mol. The number of ether oxygens (including phenoxy) is 1. The fraction of sp³-hybridized carbons (Fsp3) is 0.440. The maximum Gasteiger partial charge on any atom is 0.243 e. The molecule has 2 aromatic carbocycles. The van der Waals surface area contributed by atoms with Gasteiger partial charge in [0.25, 0.3) is 0 Å². The number of amides is 2. The van der Waals surface area contributed by atoms with Crippen molar-refractivity contribution in [1.29, 1.82) is 0 Å². The van der Waals surface area contributed by atoms with Crippen molar-refractivity contribution in [2.24, 2.45) is 0 Å². The first-order valence-corrected chi connectivity index (χ1v) is 11.8. The highest BCUT2D eigenvalue weighted by atomic mass is 35.5. The Morgan fingerprint density at radius 3 is 2.41 bits per heavy atom. The smallest absolute Gasteiger partial charge is 0.243 e. The first-order chi connectivity index (χ1) is 15.4. The molecule has 5 nitrogen and oxygen atoms in total. The number of benzene rings is 2. The monoisotopic (exact) mass is 476 g/mol. The molecule has 1 atom stereocenters. The molecule has 0 saturated heterocycles. The molecule has 2 aromatic rings. The molecule has 0 bridgehead atoms. The molecule has 1 aliphatic rings. The van der Waals surface area contributed by atoms with Crippen molar-refractivity contribution in [2.45, 2.75) is 64.1 Å². The van der Waals surface area contributed by atoms with Crippen molar-refractivity contribution < 1.29 is 14.3 Å². The Morgan fingerprint density at radius 1 is 1.12 bits per heavy atom. The summed E-state index contributed by atoms with van der Waals surface area (Å²) < 4.78 is 5.33. The van der Waals surface area contributed by atoms with Crippen LogP contribution in [-0.4, -0.2) is 35.9 Å². The van der Waals surface area contributed by atoms with E-state index in [2.05, 4.69) is 5.32 Å². The molecule has 1 fully saturated rings. The Kier molecular flexibility index (Phi) is 8.83. The Hall–Kier alpha value is -2.24. The summed E-state index contributed by atoms with van der Waals surface area (Å²) >= 11 is 12.6. The minimum atomic E-state index is -0.587. The highest BCUT2D eigenvalue weighted by Crippen LogP contribution is 2.27. The molecule has 0 aromatic heterocycles. The summed E-state index contributed by atoms with van der Waals surface area (Å²) in [5, 5.41) is 4.03. The largest absolute Gasteiger partial charge is 0.497 e. The van der Waals surface area contributed by atoms with Crippen LogP contribution in [-0.2, 0) is 22.6 Å². The minimum absolute atomic E-state index is 0.0235. The van der Waals surface area contributed by atoms with E-state index < -0.39 is 6.04 Å². The lowest BCUT2D eigenvalue weighted by atomic mass is 10.1. The lowest BCUT2D eigenvalue weighted by Crippen LogP contribution is -2.51. The summed E-state index contributed by atoms with van der Waals surface area (Å²) in [6.07, 6.45) is 4.75. The highest BCUT2D eigenvalue weighted by Gasteiger charge is 2.31. The number of halogens is 2. The number of nitrogens with one attached hydrogen (secondary N) is 1. The van der Waals surface area contributed by atoms with Crippen molar-refractivity contribution in [3.8, 4) is 5.75 Å². The van der Waals surface area contributed by atoms with Gasteiger partial charge in [0, 0.05) is 22.6 Å². The van der Waals surface area contributed by atoms with E-state index in [1.807, 2.05) is 31.2 Å². The van der Waals surface area contributed by atoms with E-state index in [0.29, 0.717) is 27.8 Å². The summed E-state index contributed by atoms with van der Waals surface area (Å²) in [5.41, 5.74) is 1.46. The maximum absolute atomic E-state index is 13.5. The number of carbonyl (C=O) groups excluding carboxylic acids is 2. The number of nitrogens with zero attached hydrogens (tertiary/aromatic N) is 1. The van der Waals surface area contributed by atoms with Gasteiger partial charge in [-0.15, -0.1) is 0 Å². The molecule has 1 N–H and O–H groups in total. The van der Waals surface area contributed by atoms with Crippen LogP contribution in [0.1, 0.15) is 50.2 Å². The molecule has 0 heterocycles. The van der Waals surface area contributed by atoms with Crippen LogP contribution in [0.3, 0.4) is 0 Å². The van der Waals surface area contributed by atoms with Crippen LogP contribution in [0.5, 0.6) is 5.75 Å². The SMILES string of the molecule is CC[C@@H](C(=O)NC1CCCC1)N(Cc1cccc(OC)c1)C(=O)Cc1c(Cl)cccc1Cl.